The molecular weight excluding hydrogens is 191 g/mol. The first-order valence-corrected chi connectivity index (χ1v) is 5.41. The maximum Gasteiger partial charge on any atom is 0.118 e. The van der Waals surface area contributed by atoms with E-state index in [9.17, 15) is 4.39 Å². The van der Waals surface area contributed by atoms with Crippen LogP contribution in [0.5, 0.6) is 0 Å². The fraction of sp³-hybridized carbons (Fsp3) is 0.500. The topological polar surface area (TPSA) is 29.3 Å². The molecule has 1 aliphatic heterocycles. The number of nitrogens with zero attached hydrogens (tertiary/aromatic N) is 1. The van der Waals surface area contributed by atoms with Gasteiger partial charge in [-0.25, -0.2) is 4.39 Å². The van der Waals surface area contributed by atoms with E-state index in [1.807, 2.05) is 18.2 Å². The van der Waals surface area contributed by atoms with Crippen LogP contribution in [-0.4, -0.2) is 30.2 Å². The zero-order chi connectivity index (χ0) is 10.7. The van der Waals surface area contributed by atoms with Gasteiger partial charge in [-0.15, -0.1) is 0 Å². The number of halogens is 1. The third-order valence-electron chi connectivity index (χ3n) is 2.90. The second-order valence-electron chi connectivity index (χ2n) is 4.19. The Bertz CT molecular complexity index is 302. The van der Waals surface area contributed by atoms with Crippen molar-refractivity contribution in [3.05, 3.63) is 35.9 Å². The zero-order valence-corrected chi connectivity index (χ0v) is 8.77. The highest BCUT2D eigenvalue weighted by atomic mass is 19.1. The number of hydrogen-bond donors (Lipinski definition) is 1. The van der Waals surface area contributed by atoms with Crippen LogP contribution in [0.15, 0.2) is 30.3 Å². The van der Waals surface area contributed by atoms with Crippen LogP contribution in [0, 0.1) is 0 Å². The Morgan fingerprint density at radius 2 is 2.07 bits per heavy atom. The van der Waals surface area contributed by atoms with E-state index >= 15 is 0 Å². The molecule has 0 amide bonds. The zero-order valence-electron chi connectivity index (χ0n) is 8.77. The second-order valence-corrected chi connectivity index (χ2v) is 4.19. The van der Waals surface area contributed by atoms with Crippen molar-refractivity contribution < 1.29 is 4.39 Å². The van der Waals surface area contributed by atoms with Crippen molar-refractivity contribution in [2.75, 3.05) is 13.1 Å². The summed E-state index contributed by atoms with van der Waals surface area (Å²) in [7, 11) is 0. The smallest absolute Gasteiger partial charge is 0.118 e. The molecule has 2 rings (SSSR count). The van der Waals surface area contributed by atoms with E-state index < -0.39 is 6.17 Å². The van der Waals surface area contributed by atoms with Gasteiger partial charge >= 0.3 is 0 Å². The third kappa shape index (κ3) is 2.76. The Balaban J connectivity index is 1.91. The lowest BCUT2D eigenvalue weighted by Crippen LogP contribution is -2.49. The lowest BCUT2D eigenvalue weighted by atomic mass is 10.0. The van der Waals surface area contributed by atoms with Crippen LogP contribution in [0.2, 0.25) is 0 Å². The van der Waals surface area contributed by atoms with Gasteiger partial charge in [-0.05, 0) is 12.0 Å². The Hall–Kier alpha value is -0.930. The summed E-state index contributed by atoms with van der Waals surface area (Å²) >= 11 is 0. The van der Waals surface area contributed by atoms with E-state index in [-0.39, 0.29) is 6.04 Å². The third-order valence-corrected chi connectivity index (χ3v) is 2.90. The molecule has 1 heterocycles. The summed E-state index contributed by atoms with van der Waals surface area (Å²) in [6, 6.07) is 9.92. The highest BCUT2D eigenvalue weighted by Gasteiger charge is 2.25. The minimum Gasteiger partial charge on any atom is -0.324 e. The van der Waals surface area contributed by atoms with Crippen LogP contribution in [0.3, 0.4) is 0 Å². The molecule has 0 aliphatic carbocycles. The van der Waals surface area contributed by atoms with E-state index in [4.69, 9.17) is 5.73 Å². The minimum atomic E-state index is -0.822. The largest absolute Gasteiger partial charge is 0.324 e. The van der Waals surface area contributed by atoms with Crippen LogP contribution >= 0.6 is 0 Å². The highest BCUT2D eigenvalue weighted by Crippen LogP contribution is 2.15. The number of rotatable bonds is 2. The fourth-order valence-corrected chi connectivity index (χ4v) is 2.01. The quantitative estimate of drug-likeness (QED) is 0.799. The summed E-state index contributed by atoms with van der Waals surface area (Å²) in [5.74, 6) is 0. The van der Waals surface area contributed by atoms with Crippen molar-refractivity contribution in [2.45, 2.75) is 25.2 Å². The Kier molecular flexibility index (Phi) is 3.34. The van der Waals surface area contributed by atoms with Crippen LogP contribution in [-0.2, 0) is 6.54 Å². The number of hydrogen-bond acceptors (Lipinski definition) is 2. The molecule has 2 nitrogen and oxygen atoms in total. The number of likely N-dealkylation sites (tertiary alicyclic amines) is 1. The number of benzene rings is 1. The molecule has 2 N–H and O–H groups in total. The van der Waals surface area contributed by atoms with Crippen molar-refractivity contribution in [3.63, 3.8) is 0 Å². The average Bonchev–Trinajstić information content (AvgIpc) is 2.25. The van der Waals surface area contributed by atoms with E-state index in [1.54, 1.807) is 0 Å². The maximum absolute atomic E-state index is 13.1. The molecule has 1 fully saturated rings. The van der Waals surface area contributed by atoms with E-state index in [0.717, 1.165) is 13.1 Å². The molecule has 0 spiro atoms. The van der Waals surface area contributed by atoms with Crippen molar-refractivity contribution >= 4 is 0 Å². The van der Waals surface area contributed by atoms with Gasteiger partial charge in [-0.1, -0.05) is 30.3 Å². The first-order chi connectivity index (χ1) is 7.25. The molecule has 1 aromatic carbocycles. The van der Waals surface area contributed by atoms with Gasteiger partial charge in [-0.3, -0.25) is 4.90 Å². The Morgan fingerprint density at radius 1 is 1.33 bits per heavy atom. The van der Waals surface area contributed by atoms with Gasteiger partial charge in [0.15, 0.2) is 0 Å². The summed E-state index contributed by atoms with van der Waals surface area (Å²) in [5, 5.41) is 0. The second kappa shape index (κ2) is 4.73. The van der Waals surface area contributed by atoms with Gasteiger partial charge in [0, 0.05) is 25.7 Å². The van der Waals surface area contributed by atoms with Crippen molar-refractivity contribution in [3.8, 4) is 0 Å². The van der Waals surface area contributed by atoms with Gasteiger partial charge in [0.1, 0.15) is 6.17 Å². The average molecular weight is 208 g/mol. The van der Waals surface area contributed by atoms with E-state index in [1.165, 1.54) is 5.56 Å². The summed E-state index contributed by atoms with van der Waals surface area (Å²) in [6.07, 6.45) is -0.259. The predicted octanol–water partition coefficient (Wildman–Crippen LogP) is 1.56. The van der Waals surface area contributed by atoms with Crippen molar-refractivity contribution in [1.29, 1.82) is 0 Å². The van der Waals surface area contributed by atoms with E-state index in [0.29, 0.717) is 13.0 Å². The van der Waals surface area contributed by atoms with Gasteiger partial charge in [0.05, 0.1) is 0 Å². The lowest BCUT2D eigenvalue weighted by Gasteiger charge is -2.32. The first-order valence-electron chi connectivity index (χ1n) is 5.41. The van der Waals surface area contributed by atoms with Gasteiger partial charge in [-0.2, -0.15) is 0 Å². The summed E-state index contributed by atoms with van der Waals surface area (Å²) in [5.41, 5.74) is 6.97. The monoisotopic (exact) mass is 208 g/mol. The van der Waals surface area contributed by atoms with Crippen LogP contribution in [0.1, 0.15) is 12.0 Å². The minimum absolute atomic E-state index is 0.317. The van der Waals surface area contributed by atoms with Gasteiger partial charge in [0.25, 0.3) is 0 Å². The molecule has 2 atom stereocenters. The first kappa shape index (κ1) is 10.6. The fourth-order valence-electron chi connectivity index (χ4n) is 2.01. The maximum atomic E-state index is 13.1. The van der Waals surface area contributed by atoms with Gasteiger partial charge < -0.3 is 5.73 Å². The molecule has 1 aromatic rings. The molecule has 0 radical (unpaired) electrons. The van der Waals surface area contributed by atoms with Crippen LogP contribution in [0.25, 0.3) is 0 Å². The van der Waals surface area contributed by atoms with Crippen LogP contribution < -0.4 is 5.73 Å². The van der Waals surface area contributed by atoms with Crippen LogP contribution in [0.4, 0.5) is 4.39 Å². The summed E-state index contributed by atoms with van der Waals surface area (Å²) in [6.45, 7) is 2.35. The van der Waals surface area contributed by atoms with Gasteiger partial charge in [0.2, 0.25) is 0 Å². The standard InChI is InChI=1S/C12H17FN2/c13-11-6-7-15(9-12(11)14)8-10-4-2-1-3-5-10/h1-5,11-12H,6-9,14H2/t11-,12-/m1/s1. The van der Waals surface area contributed by atoms with Crippen molar-refractivity contribution in [1.82, 2.24) is 4.90 Å². The summed E-state index contributed by atoms with van der Waals surface area (Å²) in [4.78, 5) is 2.22. The molecule has 82 valence electrons. The number of nitrogens with two attached hydrogens (primary N) is 1. The molecule has 1 saturated heterocycles. The molecule has 3 heteroatoms. The van der Waals surface area contributed by atoms with E-state index in [2.05, 4.69) is 17.0 Å². The number of alkyl halides is 1. The molecule has 0 aromatic heterocycles. The molecule has 15 heavy (non-hydrogen) atoms. The Labute approximate surface area is 89.9 Å². The molecule has 0 saturated carbocycles. The molecule has 1 aliphatic rings. The van der Waals surface area contributed by atoms with Crippen molar-refractivity contribution in [2.24, 2.45) is 5.73 Å². The molecular formula is C12H17FN2. The lowest BCUT2D eigenvalue weighted by molar-refractivity contribution is 0.122. The number of piperidine rings is 1. The molecule has 0 unspecified atom stereocenters. The predicted molar refractivity (Wildman–Crippen MR) is 59.2 cm³/mol. The SMILES string of the molecule is N[C@@H]1CN(Cc2ccccc2)CC[C@H]1F. The highest BCUT2D eigenvalue weighted by molar-refractivity contribution is 5.14. The molecule has 0 bridgehead atoms. The normalized spacial score (nSPS) is 27.9. The Morgan fingerprint density at radius 3 is 2.73 bits per heavy atom. The summed E-state index contributed by atoms with van der Waals surface area (Å²) < 4.78 is 13.1.